The lowest BCUT2D eigenvalue weighted by atomic mass is 10.2. The van der Waals surface area contributed by atoms with Gasteiger partial charge in [0, 0.05) is 26.2 Å². The zero-order valence-electron chi connectivity index (χ0n) is 13.9. The number of carbonyl (C=O) groups excluding carboxylic acids is 1. The number of likely N-dealkylation sites (tertiary alicyclic amines) is 1. The summed E-state index contributed by atoms with van der Waals surface area (Å²) in [5, 5.41) is 3.11. The Kier molecular flexibility index (Phi) is 4.63. The van der Waals surface area contributed by atoms with Gasteiger partial charge in [-0.15, -0.1) is 0 Å². The molecule has 23 heavy (non-hydrogen) atoms. The number of hydrogen-bond donors (Lipinski definition) is 1. The fourth-order valence-corrected chi connectivity index (χ4v) is 3.15. The van der Waals surface area contributed by atoms with Crippen molar-refractivity contribution in [1.29, 1.82) is 0 Å². The van der Waals surface area contributed by atoms with Gasteiger partial charge in [0.15, 0.2) is 0 Å². The van der Waals surface area contributed by atoms with Gasteiger partial charge in [-0.3, -0.25) is 9.69 Å². The lowest BCUT2D eigenvalue weighted by molar-refractivity contribution is -0.122. The third-order valence-electron chi connectivity index (χ3n) is 4.52. The molecular formula is C17H24N4O2. The number of ether oxygens (including phenoxy) is 1. The first-order valence-electron chi connectivity index (χ1n) is 8.04. The maximum absolute atomic E-state index is 12.4. The van der Waals surface area contributed by atoms with E-state index in [9.17, 15) is 4.79 Å². The second kappa shape index (κ2) is 6.68. The summed E-state index contributed by atoms with van der Waals surface area (Å²) in [6, 6.07) is 8.31. The third-order valence-corrected chi connectivity index (χ3v) is 4.52. The minimum atomic E-state index is -0.00851. The van der Waals surface area contributed by atoms with E-state index in [0.717, 1.165) is 24.1 Å². The Hall–Kier alpha value is -1.92. The van der Waals surface area contributed by atoms with Crippen molar-refractivity contribution < 1.29 is 9.53 Å². The molecule has 1 aromatic carbocycles. The molecule has 1 amide bonds. The maximum Gasteiger partial charge on any atom is 0.240 e. The number of nitrogens with one attached hydrogen (secondary N) is 1. The molecule has 1 aromatic heterocycles. The number of methoxy groups -OCH3 is 1. The zero-order chi connectivity index (χ0) is 16.4. The van der Waals surface area contributed by atoms with Gasteiger partial charge in [0.05, 0.1) is 29.5 Å². The highest BCUT2D eigenvalue weighted by Gasteiger charge is 2.34. The fourth-order valence-electron chi connectivity index (χ4n) is 3.15. The van der Waals surface area contributed by atoms with Gasteiger partial charge in [-0.2, -0.15) is 0 Å². The van der Waals surface area contributed by atoms with Crippen LogP contribution in [0.15, 0.2) is 30.6 Å². The minimum Gasteiger partial charge on any atom is -0.378 e. The zero-order valence-corrected chi connectivity index (χ0v) is 13.9. The van der Waals surface area contributed by atoms with E-state index in [-0.39, 0.29) is 24.6 Å². The van der Waals surface area contributed by atoms with Crippen LogP contribution < -0.4 is 5.32 Å². The summed E-state index contributed by atoms with van der Waals surface area (Å²) in [5.41, 5.74) is 1.88. The van der Waals surface area contributed by atoms with Crippen LogP contribution in [0.25, 0.3) is 11.0 Å². The number of nitrogens with zero attached hydrogens (tertiary/aromatic N) is 3. The average molecular weight is 316 g/mol. The molecule has 1 saturated heterocycles. The summed E-state index contributed by atoms with van der Waals surface area (Å²) >= 11 is 0. The Balaban J connectivity index is 1.65. The molecule has 6 nitrogen and oxygen atoms in total. The summed E-state index contributed by atoms with van der Waals surface area (Å²) in [7, 11) is 1.71. The van der Waals surface area contributed by atoms with Gasteiger partial charge in [-0.05, 0) is 26.0 Å². The fraction of sp³-hybridized carbons (Fsp3) is 0.529. The Labute approximate surface area is 136 Å². The second-order valence-corrected chi connectivity index (χ2v) is 6.36. The van der Waals surface area contributed by atoms with Gasteiger partial charge < -0.3 is 14.6 Å². The summed E-state index contributed by atoms with van der Waals surface area (Å²) in [4.78, 5) is 19.1. The van der Waals surface area contributed by atoms with Crippen molar-refractivity contribution in [3.05, 3.63) is 30.6 Å². The molecule has 0 radical (unpaired) electrons. The van der Waals surface area contributed by atoms with Crippen molar-refractivity contribution in [3.63, 3.8) is 0 Å². The van der Waals surface area contributed by atoms with Crippen LogP contribution in [0.5, 0.6) is 0 Å². The van der Waals surface area contributed by atoms with Gasteiger partial charge in [0.25, 0.3) is 0 Å². The van der Waals surface area contributed by atoms with Crippen LogP contribution in [0.3, 0.4) is 0 Å². The van der Waals surface area contributed by atoms with E-state index in [0.29, 0.717) is 6.04 Å². The predicted molar refractivity (Wildman–Crippen MR) is 89.2 cm³/mol. The first-order chi connectivity index (χ1) is 11.1. The number of imidazole rings is 1. The van der Waals surface area contributed by atoms with Gasteiger partial charge in [-0.1, -0.05) is 12.1 Å². The summed E-state index contributed by atoms with van der Waals surface area (Å²) in [5.74, 6) is -0.00851. The number of para-hydroxylation sites is 2. The minimum absolute atomic E-state index is 0.00851. The molecule has 3 rings (SSSR count). The lowest BCUT2D eigenvalue weighted by Crippen LogP contribution is -2.45. The number of benzene rings is 1. The van der Waals surface area contributed by atoms with Crippen molar-refractivity contribution in [2.75, 3.05) is 20.2 Å². The molecule has 0 unspecified atom stereocenters. The van der Waals surface area contributed by atoms with Crippen LogP contribution in [-0.2, 0) is 16.1 Å². The number of rotatable bonds is 5. The van der Waals surface area contributed by atoms with Crippen LogP contribution in [0.1, 0.15) is 13.8 Å². The Morgan fingerprint density at radius 1 is 1.39 bits per heavy atom. The van der Waals surface area contributed by atoms with E-state index >= 15 is 0 Å². The highest BCUT2D eigenvalue weighted by atomic mass is 16.5. The summed E-state index contributed by atoms with van der Waals surface area (Å²) in [6.45, 7) is 6.28. The maximum atomic E-state index is 12.4. The van der Waals surface area contributed by atoms with Crippen LogP contribution in [0.4, 0.5) is 0 Å². The quantitative estimate of drug-likeness (QED) is 0.902. The molecule has 0 spiro atoms. The number of amides is 1. The molecule has 6 heteroatoms. The normalized spacial score (nSPS) is 22.1. The number of fused-ring (bicyclic) bond motifs is 1. The van der Waals surface area contributed by atoms with Crippen LogP contribution >= 0.6 is 0 Å². The molecule has 1 N–H and O–H groups in total. The smallest absolute Gasteiger partial charge is 0.240 e. The van der Waals surface area contributed by atoms with E-state index in [1.807, 2.05) is 28.8 Å². The number of hydrogen-bond acceptors (Lipinski definition) is 4. The third kappa shape index (κ3) is 3.38. The molecular weight excluding hydrogens is 292 g/mol. The lowest BCUT2D eigenvalue weighted by Gasteiger charge is -2.20. The highest BCUT2D eigenvalue weighted by Crippen LogP contribution is 2.16. The largest absolute Gasteiger partial charge is 0.378 e. The Morgan fingerprint density at radius 3 is 2.91 bits per heavy atom. The molecule has 1 aliphatic heterocycles. The van der Waals surface area contributed by atoms with Crippen LogP contribution in [-0.4, -0.2) is 58.7 Å². The molecule has 2 aromatic rings. The van der Waals surface area contributed by atoms with Crippen LogP contribution in [0.2, 0.25) is 0 Å². The Morgan fingerprint density at radius 2 is 2.17 bits per heavy atom. The Bertz CT molecular complexity index is 682. The first kappa shape index (κ1) is 16.0. The SMILES string of the molecule is CO[C@H]1CN(C(C)C)C[C@@H]1NC(=O)Cn1cnc2ccccc21. The second-order valence-electron chi connectivity index (χ2n) is 6.36. The molecule has 124 valence electrons. The van der Waals surface area contributed by atoms with Crippen molar-refractivity contribution >= 4 is 16.9 Å². The van der Waals surface area contributed by atoms with E-state index in [1.54, 1.807) is 13.4 Å². The molecule has 2 heterocycles. The van der Waals surface area contributed by atoms with E-state index in [4.69, 9.17) is 4.74 Å². The number of carbonyl (C=O) groups is 1. The topological polar surface area (TPSA) is 59.4 Å². The molecule has 0 aliphatic carbocycles. The molecule has 1 aliphatic rings. The van der Waals surface area contributed by atoms with Gasteiger partial charge in [0.1, 0.15) is 6.54 Å². The number of aromatic nitrogens is 2. The van der Waals surface area contributed by atoms with Crippen molar-refractivity contribution in [1.82, 2.24) is 19.8 Å². The van der Waals surface area contributed by atoms with Gasteiger partial charge in [-0.25, -0.2) is 4.98 Å². The molecule has 0 bridgehead atoms. The standard InChI is InChI=1S/C17H24N4O2/c1-12(2)20-8-14(16(9-20)23-3)19-17(22)10-21-11-18-13-6-4-5-7-15(13)21/h4-7,11-12,14,16H,8-10H2,1-3H3,(H,19,22)/t14-,16-/m0/s1. The van der Waals surface area contributed by atoms with E-state index in [2.05, 4.69) is 29.0 Å². The molecule has 1 fully saturated rings. The van der Waals surface area contributed by atoms with E-state index < -0.39 is 0 Å². The van der Waals surface area contributed by atoms with Crippen molar-refractivity contribution in [2.45, 2.75) is 38.6 Å². The average Bonchev–Trinajstić information content (AvgIpc) is 3.12. The summed E-state index contributed by atoms with van der Waals surface area (Å²) in [6.07, 6.45) is 1.76. The highest BCUT2D eigenvalue weighted by molar-refractivity contribution is 5.80. The first-order valence-corrected chi connectivity index (χ1v) is 8.04. The molecule has 0 saturated carbocycles. The van der Waals surface area contributed by atoms with Crippen molar-refractivity contribution in [2.24, 2.45) is 0 Å². The monoisotopic (exact) mass is 316 g/mol. The van der Waals surface area contributed by atoms with Gasteiger partial charge >= 0.3 is 0 Å². The van der Waals surface area contributed by atoms with Crippen LogP contribution in [0, 0.1) is 0 Å². The molecule has 2 atom stereocenters. The van der Waals surface area contributed by atoms with Gasteiger partial charge in [0.2, 0.25) is 5.91 Å². The summed E-state index contributed by atoms with van der Waals surface area (Å²) < 4.78 is 7.41. The predicted octanol–water partition coefficient (Wildman–Crippen LogP) is 1.26. The van der Waals surface area contributed by atoms with Crippen molar-refractivity contribution in [3.8, 4) is 0 Å². The van der Waals surface area contributed by atoms with E-state index in [1.165, 1.54) is 0 Å².